The van der Waals surface area contributed by atoms with Crippen molar-refractivity contribution in [1.29, 1.82) is 0 Å². The molecule has 0 bridgehead atoms. The molecule has 31 heavy (non-hydrogen) atoms. The predicted molar refractivity (Wildman–Crippen MR) is 117 cm³/mol. The summed E-state index contributed by atoms with van der Waals surface area (Å²) in [5.74, 6) is -0.651. The standard InChI is InChI=1S/C22H32FN3O4S/c1-4-9-24-31(28,29)21-12-19(5-6-20(21)23)22(27)26-10-7-18(8-11-26)15-25-13-16(2)30-17(3)14-25/h4-6,12,16-18,24H,1,7-11,13-15H2,2-3H3. The number of likely N-dealkylation sites (tertiary alicyclic amines) is 1. The lowest BCUT2D eigenvalue weighted by molar-refractivity contribution is -0.0728. The average Bonchev–Trinajstić information content (AvgIpc) is 2.72. The van der Waals surface area contributed by atoms with Crippen LogP contribution in [0.4, 0.5) is 4.39 Å². The summed E-state index contributed by atoms with van der Waals surface area (Å²) in [6, 6.07) is 3.49. The quantitative estimate of drug-likeness (QED) is 0.641. The van der Waals surface area contributed by atoms with Gasteiger partial charge in [0.15, 0.2) is 0 Å². The van der Waals surface area contributed by atoms with Gasteiger partial charge in [0.2, 0.25) is 10.0 Å². The number of morpholine rings is 1. The number of benzene rings is 1. The van der Waals surface area contributed by atoms with Gasteiger partial charge in [-0.2, -0.15) is 0 Å². The lowest BCUT2D eigenvalue weighted by atomic mass is 9.95. The van der Waals surface area contributed by atoms with Gasteiger partial charge in [-0.25, -0.2) is 17.5 Å². The molecule has 2 unspecified atom stereocenters. The molecule has 2 fully saturated rings. The van der Waals surface area contributed by atoms with E-state index in [4.69, 9.17) is 4.74 Å². The molecular formula is C22H32FN3O4S. The molecule has 0 aliphatic carbocycles. The number of carbonyl (C=O) groups excluding carboxylic acids is 1. The van der Waals surface area contributed by atoms with Gasteiger partial charge >= 0.3 is 0 Å². The first-order valence-electron chi connectivity index (χ1n) is 10.8. The Morgan fingerprint density at radius 3 is 2.52 bits per heavy atom. The van der Waals surface area contributed by atoms with Crippen molar-refractivity contribution in [2.45, 2.75) is 43.8 Å². The van der Waals surface area contributed by atoms with E-state index in [1.54, 1.807) is 4.90 Å². The van der Waals surface area contributed by atoms with Gasteiger partial charge in [0.1, 0.15) is 10.7 Å². The SMILES string of the molecule is C=CCNS(=O)(=O)c1cc(C(=O)N2CCC(CN3CC(C)OC(C)C3)CC2)ccc1F. The van der Waals surface area contributed by atoms with E-state index in [2.05, 4.69) is 30.0 Å². The Kier molecular flexibility index (Phi) is 7.85. The molecule has 3 rings (SSSR count). The molecule has 0 aromatic heterocycles. The summed E-state index contributed by atoms with van der Waals surface area (Å²) in [5.41, 5.74) is 0.176. The number of piperidine rings is 1. The maximum atomic E-state index is 14.1. The van der Waals surface area contributed by atoms with Crippen LogP contribution in [-0.4, -0.2) is 75.6 Å². The van der Waals surface area contributed by atoms with Crippen LogP contribution in [0.3, 0.4) is 0 Å². The molecule has 1 amide bonds. The molecule has 1 aromatic carbocycles. The fraction of sp³-hybridized carbons (Fsp3) is 0.591. The van der Waals surface area contributed by atoms with E-state index in [0.29, 0.717) is 19.0 Å². The van der Waals surface area contributed by atoms with Gasteiger partial charge < -0.3 is 9.64 Å². The minimum atomic E-state index is -4.06. The lowest BCUT2D eigenvalue weighted by Gasteiger charge is -2.39. The second kappa shape index (κ2) is 10.2. The maximum absolute atomic E-state index is 14.1. The van der Waals surface area contributed by atoms with Crippen LogP contribution < -0.4 is 4.72 Å². The Labute approximate surface area is 184 Å². The van der Waals surface area contributed by atoms with E-state index >= 15 is 0 Å². The number of nitrogens with zero attached hydrogens (tertiary/aromatic N) is 2. The Hall–Kier alpha value is -1.81. The van der Waals surface area contributed by atoms with Crippen molar-refractivity contribution < 1.29 is 22.3 Å². The van der Waals surface area contributed by atoms with Gasteiger partial charge in [-0.05, 0) is 50.8 Å². The Morgan fingerprint density at radius 1 is 1.26 bits per heavy atom. The highest BCUT2D eigenvalue weighted by molar-refractivity contribution is 7.89. The van der Waals surface area contributed by atoms with E-state index in [1.165, 1.54) is 12.1 Å². The Balaban J connectivity index is 1.60. The second-order valence-corrected chi connectivity index (χ2v) is 10.2. The molecule has 1 N–H and O–H groups in total. The van der Waals surface area contributed by atoms with Gasteiger partial charge in [0.25, 0.3) is 5.91 Å². The zero-order valence-corrected chi connectivity index (χ0v) is 19.0. The Bertz CT molecular complexity index is 890. The van der Waals surface area contributed by atoms with E-state index in [-0.39, 0.29) is 30.2 Å². The Morgan fingerprint density at radius 2 is 1.90 bits per heavy atom. The van der Waals surface area contributed by atoms with Gasteiger partial charge in [-0.1, -0.05) is 6.08 Å². The van der Waals surface area contributed by atoms with Crippen LogP contribution in [0.1, 0.15) is 37.0 Å². The summed E-state index contributed by atoms with van der Waals surface area (Å²) in [5, 5.41) is 0. The van der Waals surface area contributed by atoms with Crippen LogP contribution in [-0.2, 0) is 14.8 Å². The van der Waals surface area contributed by atoms with E-state index < -0.39 is 20.7 Å². The van der Waals surface area contributed by atoms with Crippen molar-refractivity contribution >= 4 is 15.9 Å². The highest BCUT2D eigenvalue weighted by Crippen LogP contribution is 2.23. The second-order valence-electron chi connectivity index (χ2n) is 8.50. The number of ether oxygens (including phenoxy) is 1. The highest BCUT2D eigenvalue weighted by atomic mass is 32.2. The summed E-state index contributed by atoms with van der Waals surface area (Å²) in [4.78, 5) is 16.6. The fourth-order valence-electron chi connectivity index (χ4n) is 4.39. The van der Waals surface area contributed by atoms with E-state index in [1.807, 2.05) is 0 Å². The van der Waals surface area contributed by atoms with Crippen molar-refractivity contribution in [2.75, 3.05) is 39.3 Å². The third-order valence-corrected chi connectivity index (χ3v) is 7.24. The molecule has 172 valence electrons. The predicted octanol–water partition coefficient (Wildman–Crippen LogP) is 2.25. The minimum Gasteiger partial charge on any atom is -0.373 e. The molecule has 0 saturated carbocycles. The number of hydrogen-bond donors (Lipinski definition) is 1. The normalized spacial score (nSPS) is 23.6. The summed E-state index contributed by atoms with van der Waals surface area (Å²) in [7, 11) is -4.06. The first-order chi connectivity index (χ1) is 14.7. The third kappa shape index (κ3) is 6.12. The largest absolute Gasteiger partial charge is 0.373 e. The van der Waals surface area contributed by atoms with Crippen molar-refractivity contribution in [3.63, 3.8) is 0 Å². The van der Waals surface area contributed by atoms with Crippen molar-refractivity contribution in [3.05, 3.63) is 42.2 Å². The number of carbonyl (C=O) groups is 1. The van der Waals surface area contributed by atoms with Crippen molar-refractivity contribution in [2.24, 2.45) is 5.92 Å². The summed E-state index contributed by atoms with van der Waals surface area (Å²) in [6.07, 6.45) is 3.61. The first kappa shape index (κ1) is 23.8. The van der Waals surface area contributed by atoms with E-state index in [0.717, 1.165) is 44.6 Å². The molecule has 2 heterocycles. The maximum Gasteiger partial charge on any atom is 0.253 e. The zero-order valence-electron chi connectivity index (χ0n) is 18.2. The number of sulfonamides is 1. The number of nitrogens with one attached hydrogen (secondary N) is 1. The molecular weight excluding hydrogens is 421 g/mol. The molecule has 2 aliphatic heterocycles. The van der Waals surface area contributed by atoms with Gasteiger partial charge in [-0.15, -0.1) is 6.58 Å². The molecule has 2 aliphatic rings. The number of rotatable bonds is 7. The van der Waals surface area contributed by atoms with Crippen LogP contribution in [0.2, 0.25) is 0 Å². The summed E-state index contributed by atoms with van der Waals surface area (Å²) >= 11 is 0. The van der Waals surface area contributed by atoms with Crippen LogP contribution >= 0.6 is 0 Å². The molecule has 9 heteroatoms. The van der Waals surface area contributed by atoms with Crippen molar-refractivity contribution in [1.82, 2.24) is 14.5 Å². The van der Waals surface area contributed by atoms with Crippen LogP contribution in [0.25, 0.3) is 0 Å². The summed E-state index contributed by atoms with van der Waals surface area (Å²) in [6.45, 7) is 11.7. The van der Waals surface area contributed by atoms with Crippen LogP contribution in [0.15, 0.2) is 35.7 Å². The summed E-state index contributed by atoms with van der Waals surface area (Å²) < 4.78 is 46.8. The first-order valence-corrected chi connectivity index (χ1v) is 12.2. The molecule has 2 atom stereocenters. The lowest BCUT2D eigenvalue weighted by Crippen LogP contribution is -2.48. The molecule has 0 radical (unpaired) electrons. The van der Waals surface area contributed by atoms with Crippen molar-refractivity contribution in [3.8, 4) is 0 Å². The fourth-order valence-corrected chi connectivity index (χ4v) is 5.49. The molecule has 0 spiro atoms. The van der Waals surface area contributed by atoms with Gasteiger partial charge in [0.05, 0.1) is 12.2 Å². The highest BCUT2D eigenvalue weighted by Gasteiger charge is 2.29. The monoisotopic (exact) mass is 453 g/mol. The van der Waals surface area contributed by atoms with Gasteiger partial charge in [0, 0.05) is 44.8 Å². The molecule has 7 nitrogen and oxygen atoms in total. The van der Waals surface area contributed by atoms with Gasteiger partial charge in [-0.3, -0.25) is 9.69 Å². The van der Waals surface area contributed by atoms with E-state index in [9.17, 15) is 17.6 Å². The average molecular weight is 454 g/mol. The number of hydrogen-bond acceptors (Lipinski definition) is 5. The molecule has 1 aromatic rings. The van der Waals surface area contributed by atoms with Crippen LogP contribution in [0.5, 0.6) is 0 Å². The number of amides is 1. The number of halogens is 1. The van der Waals surface area contributed by atoms with Crippen LogP contribution in [0, 0.1) is 11.7 Å². The molecule has 2 saturated heterocycles. The topological polar surface area (TPSA) is 79.0 Å². The zero-order chi connectivity index (χ0) is 22.6. The smallest absolute Gasteiger partial charge is 0.253 e. The minimum absolute atomic E-state index is 0.0197. The third-order valence-electron chi connectivity index (χ3n) is 5.80.